The molecule has 0 unspecified atom stereocenters. The van der Waals surface area contributed by atoms with Gasteiger partial charge in [0.25, 0.3) is 0 Å². The van der Waals surface area contributed by atoms with Crippen molar-refractivity contribution in [2.24, 2.45) is 11.3 Å². The van der Waals surface area contributed by atoms with E-state index in [0.29, 0.717) is 12.5 Å². The van der Waals surface area contributed by atoms with Crippen molar-refractivity contribution < 1.29 is 9.47 Å². The number of pyridine rings is 1. The predicted molar refractivity (Wildman–Crippen MR) is 78.0 cm³/mol. The minimum atomic E-state index is 0. The van der Waals surface area contributed by atoms with Gasteiger partial charge in [0, 0.05) is 36.8 Å². The number of nitrogens with zero attached hydrogens (tertiary/aromatic N) is 1. The maximum Gasteiger partial charge on any atom is 0.0732 e. The van der Waals surface area contributed by atoms with Crippen LogP contribution in [0.15, 0.2) is 24.5 Å². The second kappa shape index (κ2) is 7.41. The van der Waals surface area contributed by atoms with Gasteiger partial charge in [-0.2, -0.15) is 0 Å². The summed E-state index contributed by atoms with van der Waals surface area (Å²) in [5, 5.41) is 3.44. The number of hydrogen-bond donors (Lipinski definition) is 1. The average molecular weight is 307 g/mol. The van der Waals surface area contributed by atoms with Gasteiger partial charge in [-0.15, -0.1) is 24.8 Å². The molecule has 108 valence electrons. The van der Waals surface area contributed by atoms with Gasteiger partial charge in [0.2, 0.25) is 0 Å². The summed E-state index contributed by atoms with van der Waals surface area (Å²) in [5.41, 5.74) is 1.34. The molecule has 1 aromatic heterocycles. The first-order chi connectivity index (χ1) is 8.39. The van der Waals surface area contributed by atoms with Crippen molar-refractivity contribution in [3.05, 3.63) is 30.1 Å². The van der Waals surface area contributed by atoms with E-state index in [2.05, 4.69) is 10.3 Å². The highest BCUT2D eigenvalue weighted by atomic mass is 35.5. The van der Waals surface area contributed by atoms with E-state index in [9.17, 15) is 0 Å². The van der Waals surface area contributed by atoms with Gasteiger partial charge in [-0.25, -0.2) is 0 Å². The summed E-state index contributed by atoms with van der Waals surface area (Å²) in [6.45, 7) is 5.21. The Morgan fingerprint density at radius 2 is 2.37 bits per heavy atom. The van der Waals surface area contributed by atoms with Gasteiger partial charge < -0.3 is 14.8 Å². The van der Waals surface area contributed by atoms with Crippen molar-refractivity contribution in [1.29, 1.82) is 0 Å². The average Bonchev–Trinajstić information content (AvgIpc) is 2.89. The zero-order chi connectivity index (χ0) is 11.6. The van der Waals surface area contributed by atoms with Crippen LogP contribution in [0.5, 0.6) is 0 Å². The molecule has 6 heteroatoms. The molecule has 0 saturated carbocycles. The maximum atomic E-state index is 5.85. The number of halogens is 2. The van der Waals surface area contributed by atoms with Gasteiger partial charge in [-0.05, 0) is 11.6 Å². The van der Waals surface area contributed by atoms with Crippen LogP contribution in [0.3, 0.4) is 0 Å². The van der Waals surface area contributed by atoms with E-state index in [1.54, 1.807) is 6.20 Å². The van der Waals surface area contributed by atoms with E-state index in [-0.39, 0.29) is 30.2 Å². The molecule has 19 heavy (non-hydrogen) atoms. The van der Waals surface area contributed by atoms with Gasteiger partial charge in [0.15, 0.2) is 0 Å². The number of aromatic nitrogens is 1. The zero-order valence-corrected chi connectivity index (χ0v) is 12.3. The van der Waals surface area contributed by atoms with E-state index in [4.69, 9.17) is 9.47 Å². The molecule has 3 rings (SSSR count). The molecule has 0 bridgehead atoms. The minimum Gasteiger partial charge on any atom is -0.380 e. The first-order valence-electron chi connectivity index (χ1n) is 6.14. The fourth-order valence-electron chi connectivity index (χ4n) is 2.73. The summed E-state index contributed by atoms with van der Waals surface area (Å²) in [4.78, 5) is 4.08. The van der Waals surface area contributed by atoms with Crippen LogP contribution >= 0.6 is 24.8 Å². The third kappa shape index (κ3) is 3.58. The standard InChI is InChI=1S/C13H18N2O2.2ClH/c1-2-11(4-14-3-1)6-16-9-13-8-15-5-12(13)7-17-10-13;;/h1-4,12,15H,5-10H2;2*1H/t12-,13-;;/m1../s1. The molecule has 0 amide bonds. The molecular weight excluding hydrogens is 287 g/mol. The lowest BCUT2D eigenvalue weighted by Crippen LogP contribution is -2.34. The lowest BCUT2D eigenvalue weighted by atomic mass is 9.82. The molecule has 0 aromatic carbocycles. The molecule has 2 atom stereocenters. The first kappa shape index (κ1) is 16.7. The van der Waals surface area contributed by atoms with Crippen LogP contribution in [0, 0.1) is 11.3 Å². The summed E-state index contributed by atoms with van der Waals surface area (Å²) in [6.07, 6.45) is 3.64. The largest absolute Gasteiger partial charge is 0.380 e. The van der Waals surface area contributed by atoms with Crippen molar-refractivity contribution in [2.75, 3.05) is 32.9 Å². The summed E-state index contributed by atoms with van der Waals surface area (Å²) >= 11 is 0. The Hall–Kier alpha value is -0.390. The second-order valence-electron chi connectivity index (χ2n) is 5.06. The molecule has 2 aliphatic rings. The molecule has 1 aromatic rings. The highest BCUT2D eigenvalue weighted by Gasteiger charge is 2.47. The molecule has 2 aliphatic heterocycles. The van der Waals surface area contributed by atoms with Gasteiger partial charge in [-0.3, -0.25) is 4.98 Å². The zero-order valence-electron chi connectivity index (χ0n) is 10.7. The fraction of sp³-hybridized carbons (Fsp3) is 0.615. The Kier molecular flexibility index (Phi) is 6.50. The second-order valence-corrected chi connectivity index (χ2v) is 5.06. The molecule has 1 N–H and O–H groups in total. The minimum absolute atomic E-state index is 0. The molecule has 4 nitrogen and oxygen atoms in total. The van der Waals surface area contributed by atoms with Crippen molar-refractivity contribution in [3.63, 3.8) is 0 Å². The quantitative estimate of drug-likeness (QED) is 0.919. The lowest BCUT2D eigenvalue weighted by molar-refractivity contribution is 0.0253. The normalized spacial score (nSPS) is 28.3. The SMILES string of the molecule is Cl.Cl.c1cncc(COC[C@@]23CNC[C@@H]2COC3)c1. The monoisotopic (exact) mass is 306 g/mol. The number of nitrogens with one attached hydrogen (secondary N) is 1. The van der Waals surface area contributed by atoms with E-state index >= 15 is 0 Å². The highest BCUT2D eigenvalue weighted by Crippen LogP contribution is 2.37. The Balaban J connectivity index is 0.000000902. The first-order valence-corrected chi connectivity index (χ1v) is 6.14. The smallest absolute Gasteiger partial charge is 0.0732 e. The Bertz CT molecular complexity index is 368. The van der Waals surface area contributed by atoms with Crippen LogP contribution in [0.4, 0.5) is 0 Å². The highest BCUT2D eigenvalue weighted by molar-refractivity contribution is 5.85. The van der Waals surface area contributed by atoms with Crippen LogP contribution in [-0.4, -0.2) is 37.9 Å². The van der Waals surface area contributed by atoms with Gasteiger partial charge >= 0.3 is 0 Å². The van der Waals surface area contributed by atoms with Gasteiger partial charge in [0.1, 0.15) is 0 Å². The summed E-state index contributed by atoms with van der Waals surface area (Å²) in [7, 11) is 0. The number of ether oxygens (including phenoxy) is 2. The number of fused-ring (bicyclic) bond motifs is 1. The molecule has 0 aliphatic carbocycles. The fourth-order valence-corrected chi connectivity index (χ4v) is 2.73. The van der Waals surface area contributed by atoms with Crippen molar-refractivity contribution >= 4 is 24.8 Å². The molecule has 2 saturated heterocycles. The Morgan fingerprint density at radius 1 is 1.47 bits per heavy atom. The summed E-state index contributed by atoms with van der Waals surface area (Å²) < 4.78 is 11.4. The maximum absolute atomic E-state index is 5.85. The lowest BCUT2D eigenvalue weighted by Gasteiger charge is -2.25. The van der Waals surface area contributed by atoms with E-state index in [1.165, 1.54) is 0 Å². The Morgan fingerprint density at radius 3 is 3.16 bits per heavy atom. The third-order valence-corrected chi connectivity index (χ3v) is 3.82. The van der Waals surface area contributed by atoms with E-state index < -0.39 is 0 Å². The van der Waals surface area contributed by atoms with Crippen LogP contribution in [0.25, 0.3) is 0 Å². The van der Waals surface area contributed by atoms with Crippen LogP contribution in [-0.2, 0) is 16.1 Å². The summed E-state index contributed by atoms with van der Waals surface area (Å²) in [6, 6.07) is 3.98. The molecule has 2 fully saturated rings. The summed E-state index contributed by atoms with van der Waals surface area (Å²) in [5.74, 6) is 0.622. The topological polar surface area (TPSA) is 43.4 Å². The molecule has 0 spiro atoms. The van der Waals surface area contributed by atoms with Gasteiger partial charge in [0.05, 0.1) is 26.4 Å². The number of rotatable bonds is 4. The van der Waals surface area contributed by atoms with Crippen molar-refractivity contribution in [2.45, 2.75) is 6.61 Å². The molecule has 3 heterocycles. The van der Waals surface area contributed by atoms with Crippen molar-refractivity contribution in [1.82, 2.24) is 10.3 Å². The predicted octanol–water partition coefficient (Wildman–Crippen LogP) is 1.68. The van der Waals surface area contributed by atoms with Crippen LogP contribution < -0.4 is 5.32 Å². The molecule has 0 radical (unpaired) electrons. The third-order valence-electron chi connectivity index (χ3n) is 3.82. The van der Waals surface area contributed by atoms with E-state index in [0.717, 1.165) is 38.5 Å². The van der Waals surface area contributed by atoms with Gasteiger partial charge in [-0.1, -0.05) is 6.07 Å². The number of hydrogen-bond acceptors (Lipinski definition) is 4. The van der Waals surface area contributed by atoms with E-state index in [1.807, 2.05) is 18.3 Å². The Labute approximate surface area is 126 Å². The molecular formula is C13H20Cl2N2O2. The van der Waals surface area contributed by atoms with Crippen LogP contribution in [0.2, 0.25) is 0 Å². The van der Waals surface area contributed by atoms with Crippen LogP contribution in [0.1, 0.15) is 5.56 Å². The van der Waals surface area contributed by atoms with Crippen molar-refractivity contribution in [3.8, 4) is 0 Å².